The highest BCUT2D eigenvalue weighted by atomic mass is 32.2. The first-order valence-corrected chi connectivity index (χ1v) is 6.97. The van der Waals surface area contributed by atoms with Gasteiger partial charge in [0.2, 0.25) is 11.1 Å². The minimum atomic E-state index is -1.64. The molecule has 3 N–H and O–H groups in total. The number of nitrogen functional groups attached to an aromatic ring is 1. The van der Waals surface area contributed by atoms with E-state index in [-0.39, 0.29) is 0 Å². The number of aromatic nitrogens is 3. The van der Waals surface area contributed by atoms with Crippen molar-refractivity contribution in [3.05, 3.63) is 35.4 Å². The Morgan fingerprint density at radius 1 is 1.32 bits per heavy atom. The van der Waals surface area contributed by atoms with Gasteiger partial charge in [0.1, 0.15) is 5.82 Å². The molecular formula is C12H12F3N5OS. The number of anilines is 1. The Bertz CT molecular complexity index is 721. The maximum absolute atomic E-state index is 13.5. The average molecular weight is 331 g/mol. The van der Waals surface area contributed by atoms with Crippen LogP contribution in [0.15, 0.2) is 17.3 Å². The van der Waals surface area contributed by atoms with Crippen LogP contribution in [0.4, 0.5) is 18.9 Å². The van der Waals surface area contributed by atoms with Crippen LogP contribution < -0.4 is 11.2 Å². The van der Waals surface area contributed by atoms with Crippen molar-refractivity contribution in [1.29, 1.82) is 0 Å². The molecule has 0 aliphatic rings. The van der Waals surface area contributed by atoms with Crippen LogP contribution in [0.2, 0.25) is 0 Å². The fourth-order valence-electron chi connectivity index (χ4n) is 1.50. The maximum Gasteiger partial charge on any atom is 0.237 e. The van der Waals surface area contributed by atoms with Crippen LogP contribution >= 0.6 is 11.8 Å². The molecule has 22 heavy (non-hydrogen) atoms. The number of hydrogen-bond donors (Lipinski definition) is 2. The summed E-state index contributed by atoms with van der Waals surface area (Å²) in [5.41, 5.74) is -0.443. The number of nitrogens with two attached hydrogens (primary N) is 1. The molecule has 0 bridgehead atoms. The van der Waals surface area contributed by atoms with Gasteiger partial charge in [0.25, 0.3) is 0 Å². The number of thioether (sulfide) groups is 1. The highest BCUT2D eigenvalue weighted by Crippen LogP contribution is 2.24. The average Bonchev–Trinajstić information content (AvgIpc) is 2.79. The molecule has 0 unspecified atom stereocenters. The van der Waals surface area contributed by atoms with Crippen molar-refractivity contribution in [3.8, 4) is 0 Å². The summed E-state index contributed by atoms with van der Waals surface area (Å²) in [4.78, 5) is 12.0. The van der Waals surface area contributed by atoms with Gasteiger partial charge in [-0.05, 0) is 26.0 Å². The van der Waals surface area contributed by atoms with Gasteiger partial charge >= 0.3 is 0 Å². The number of carbonyl (C=O) groups is 1. The fraction of sp³-hybridized carbons (Fsp3) is 0.250. The van der Waals surface area contributed by atoms with Crippen molar-refractivity contribution in [2.24, 2.45) is 0 Å². The van der Waals surface area contributed by atoms with Crippen molar-refractivity contribution < 1.29 is 18.0 Å². The van der Waals surface area contributed by atoms with Gasteiger partial charge in [-0.25, -0.2) is 17.8 Å². The van der Waals surface area contributed by atoms with E-state index < -0.39 is 34.3 Å². The lowest BCUT2D eigenvalue weighted by atomic mass is 10.2. The van der Waals surface area contributed by atoms with Crippen LogP contribution in [0.25, 0.3) is 0 Å². The molecule has 0 fully saturated rings. The molecule has 2 rings (SSSR count). The Morgan fingerprint density at radius 3 is 2.59 bits per heavy atom. The normalized spacial score (nSPS) is 12.2. The number of nitrogens with zero attached hydrogens (tertiary/aromatic N) is 3. The third kappa shape index (κ3) is 3.16. The van der Waals surface area contributed by atoms with Gasteiger partial charge in [-0.1, -0.05) is 11.8 Å². The fourth-order valence-corrected chi connectivity index (χ4v) is 2.31. The Balaban J connectivity index is 2.09. The summed E-state index contributed by atoms with van der Waals surface area (Å²) < 4.78 is 40.6. The number of rotatable bonds is 4. The van der Waals surface area contributed by atoms with E-state index in [4.69, 9.17) is 5.84 Å². The van der Waals surface area contributed by atoms with E-state index in [1.165, 1.54) is 11.6 Å². The summed E-state index contributed by atoms with van der Waals surface area (Å²) in [6.07, 6.45) is 0. The molecular weight excluding hydrogens is 319 g/mol. The maximum atomic E-state index is 13.5. The van der Waals surface area contributed by atoms with E-state index in [1.807, 2.05) is 0 Å². The summed E-state index contributed by atoms with van der Waals surface area (Å²) in [7, 11) is 0. The summed E-state index contributed by atoms with van der Waals surface area (Å²) in [6, 6.07) is 1.67. The van der Waals surface area contributed by atoms with Gasteiger partial charge in [0, 0.05) is 0 Å². The van der Waals surface area contributed by atoms with Crippen LogP contribution in [0.3, 0.4) is 0 Å². The van der Waals surface area contributed by atoms with E-state index in [2.05, 4.69) is 15.5 Å². The van der Waals surface area contributed by atoms with Crippen molar-refractivity contribution in [1.82, 2.24) is 14.9 Å². The molecule has 0 radical (unpaired) electrons. The molecule has 0 saturated heterocycles. The topological polar surface area (TPSA) is 85.8 Å². The molecule has 2 aromatic rings. The molecule has 1 aromatic heterocycles. The molecule has 1 aromatic carbocycles. The second-order valence-electron chi connectivity index (χ2n) is 4.37. The minimum absolute atomic E-state index is 0.297. The number of amides is 1. The second kappa shape index (κ2) is 6.26. The number of halogens is 3. The van der Waals surface area contributed by atoms with Crippen LogP contribution in [0.5, 0.6) is 0 Å². The third-order valence-corrected chi connectivity index (χ3v) is 3.84. The van der Waals surface area contributed by atoms with Crippen LogP contribution in [-0.2, 0) is 4.79 Å². The molecule has 10 heteroatoms. The number of carbonyl (C=O) groups excluding carboxylic acids is 1. The molecule has 1 amide bonds. The van der Waals surface area contributed by atoms with Crippen molar-refractivity contribution in [2.75, 3.05) is 11.2 Å². The Morgan fingerprint density at radius 2 is 2.00 bits per heavy atom. The first kappa shape index (κ1) is 16.1. The predicted octanol–water partition coefficient (Wildman–Crippen LogP) is 1.84. The number of nitrogens with one attached hydrogen (secondary N) is 1. The van der Waals surface area contributed by atoms with Gasteiger partial charge in [-0.2, -0.15) is 0 Å². The second-order valence-corrected chi connectivity index (χ2v) is 5.68. The molecule has 0 aliphatic carbocycles. The van der Waals surface area contributed by atoms with E-state index >= 15 is 0 Å². The molecule has 1 heterocycles. The van der Waals surface area contributed by atoms with Crippen molar-refractivity contribution >= 4 is 23.4 Å². The smallest absolute Gasteiger partial charge is 0.237 e. The number of aryl methyl sites for hydroxylation is 1. The Kier molecular flexibility index (Phi) is 4.59. The van der Waals surface area contributed by atoms with E-state index in [0.29, 0.717) is 11.0 Å². The van der Waals surface area contributed by atoms with Crippen molar-refractivity contribution in [2.45, 2.75) is 24.3 Å². The van der Waals surface area contributed by atoms with Gasteiger partial charge in [-0.15, -0.1) is 10.2 Å². The summed E-state index contributed by atoms with van der Waals surface area (Å²) in [6.45, 7) is 3.17. The highest BCUT2D eigenvalue weighted by Gasteiger charge is 2.21. The van der Waals surface area contributed by atoms with Crippen LogP contribution in [-0.4, -0.2) is 26.0 Å². The standard InChI is InChI=1S/C12H12F3N5OS/c1-5(22-12-19-18-6(2)20(12)16)11(21)17-8-4-3-7(13)9(14)10(8)15/h3-5H,16H2,1-2H3,(H,17,21)/t5-/m1/s1. The van der Waals surface area contributed by atoms with E-state index in [0.717, 1.165) is 23.9 Å². The zero-order valence-corrected chi connectivity index (χ0v) is 12.4. The van der Waals surface area contributed by atoms with Crippen LogP contribution in [0, 0.1) is 24.4 Å². The summed E-state index contributed by atoms with van der Waals surface area (Å²) >= 11 is 0.994. The number of benzene rings is 1. The van der Waals surface area contributed by atoms with Gasteiger partial charge in [0.05, 0.1) is 10.9 Å². The van der Waals surface area contributed by atoms with E-state index in [9.17, 15) is 18.0 Å². The highest BCUT2D eigenvalue weighted by molar-refractivity contribution is 8.00. The Labute approximate surface area is 127 Å². The molecule has 1 atom stereocenters. The first-order chi connectivity index (χ1) is 10.3. The van der Waals surface area contributed by atoms with Crippen molar-refractivity contribution in [3.63, 3.8) is 0 Å². The zero-order valence-electron chi connectivity index (χ0n) is 11.6. The van der Waals surface area contributed by atoms with Crippen LogP contribution in [0.1, 0.15) is 12.7 Å². The minimum Gasteiger partial charge on any atom is -0.336 e. The molecule has 118 valence electrons. The molecule has 0 aliphatic heterocycles. The lowest BCUT2D eigenvalue weighted by molar-refractivity contribution is -0.115. The lowest BCUT2D eigenvalue weighted by Crippen LogP contribution is -2.24. The zero-order chi connectivity index (χ0) is 16.4. The molecule has 0 spiro atoms. The molecule has 0 saturated carbocycles. The lowest BCUT2D eigenvalue weighted by Gasteiger charge is -2.12. The largest absolute Gasteiger partial charge is 0.336 e. The molecule has 6 nitrogen and oxygen atoms in total. The first-order valence-electron chi connectivity index (χ1n) is 6.09. The summed E-state index contributed by atoms with van der Waals surface area (Å²) in [5.74, 6) is 1.07. The predicted molar refractivity (Wildman–Crippen MR) is 75.2 cm³/mol. The monoisotopic (exact) mass is 331 g/mol. The van der Waals surface area contributed by atoms with Gasteiger partial charge < -0.3 is 11.2 Å². The summed E-state index contributed by atoms with van der Waals surface area (Å²) in [5, 5.41) is 9.28. The number of hydrogen-bond acceptors (Lipinski definition) is 5. The SMILES string of the molecule is Cc1nnc(S[C@H](C)C(=O)Nc2ccc(F)c(F)c2F)n1N. The van der Waals surface area contributed by atoms with Gasteiger partial charge in [0.15, 0.2) is 17.5 Å². The van der Waals surface area contributed by atoms with Gasteiger partial charge in [-0.3, -0.25) is 4.79 Å². The van der Waals surface area contributed by atoms with E-state index in [1.54, 1.807) is 6.92 Å². The third-order valence-electron chi connectivity index (χ3n) is 2.78. The quantitative estimate of drug-likeness (QED) is 0.507. The Hall–Kier alpha value is -2.23.